The molecule has 134 valence electrons. The minimum Gasteiger partial charge on any atom is -0.194 e. The summed E-state index contributed by atoms with van der Waals surface area (Å²) in [4.78, 5) is 0. The van der Waals surface area contributed by atoms with Gasteiger partial charge in [0.05, 0.1) is 0 Å². The summed E-state index contributed by atoms with van der Waals surface area (Å²) >= 11 is 3.14. The molecule has 0 fully saturated rings. The van der Waals surface area contributed by atoms with E-state index in [9.17, 15) is 35.1 Å². The Morgan fingerprint density at radius 3 is 1.52 bits per heavy atom. The number of halogens is 9. The normalized spacial score (nSPS) is 22.3. The zero-order valence-corrected chi connectivity index (χ0v) is 13.5. The third-order valence-electron chi connectivity index (χ3n) is 4.06. The molecular weight excluding hydrogens is 424 g/mol. The summed E-state index contributed by atoms with van der Waals surface area (Å²) in [5, 5.41) is 0. The molecular formula is C16H7BrF8. The summed E-state index contributed by atoms with van der Waals surface area (Å²) in [6.45, 7) is 0. The third kappa shape index (κ3) is 2.24. The van der Waals surface area contributed by atoms with E-state index in [0.29, 0.717) is 16.6 Å². The first kappa shape index (κ1) is 18.2. The van der Waals surface area contributed by atoms with Crippen LogP contribution in [0.3, 0.4) is 0 Å². The van der Waals surface area contributed by atoms with E-state index in [-0.39, 0.29) is 11.1 Å². The standard InChI is InChI=1S/C16H7BrF8/c17-10-4-1-8(2-5-10)9-3-6-11-12(7-9)14(20,21)16(24,25)15(22,23)13(11,18)19/h1-7H. The first-order valence-electron chi connectivity index (χ1n) is 6.76. The lowest BCUT2D eigenvalue weighted by Crippen LogP contribution is -2.63. The van der Waals surface area contributed by atoms with Crippen LogP contribution in [0.15, 0.2) is 46.9 Å². The number of alkyl halides is 8. The fourth-order valence-corrected chi connectivity index (χ4v) is 2.90. The number of hydrogen-bond donors (Lipinski definition) is 0. The number of fused-ring (bicyclic) bond motifs is 1. The van der Waals surface area contributed by atoms with Gasteiger partial charge >= 0.3 is 23.7 Å². The first-order chi connectivity index (χ1) is 11.3. The van der Waals surface area contributed by atoms with Gasteiger partial charge in [-0.05, 0) is 29.3 Å². The highest BCUT2D eigenvalue weighted by Gasteiger charge is 2.85. The van der Waals surface area contributed by atoms with Gasteiger partial charge in [-0.2, -0.15) is 35.1 Å². The Labute approximate surface area is 144 Å². The van der Waals surface area contributed by atoms with Crippen LogP contribution >= 0.6 is 15.9 Å². The summed E-state index contributed by atoms with van der Waals surface area (Å²) in [7, 11) is 0. The van der Waals surface area contributed by atoms with Crippen LogP contribution in [0.4, 0.5) is 35.1 Å². The molecule has 1 aliphatic carbocycles. The minimum atomic E-state index is -6.24. The molecule has 0 saturated carbocycles. The molecule has 0 saturated heterocycles. The van der Waals surface area contributed by atoms with Crippen molar-refractivity contribution in [1.29, 1.82) is 0 Å². The second-order valence-electron chi connectivity index (χ2n) is 5.56. The van der Waals surface area contributed by atoms with E-state index < -0.39 is 34.8 Å². The quantitative estimate of drug-likeness (QED) is 0.448. The van der Waals surface area contributed by atoms with Crippen molar-refractivity contribution in [2.24, 2.45) is 0 Å². The molecule has 1 aliphatic rings. The molecule has 0 N–H and O–H groups in total. The topological polar surface area (TPSA) is 0 Å². The Balaban J connectivity index is 2.27. The predicted octanol–water partition coefficient (Wildman–Crippen LogP) is 6.58. The van der Waals surface area contributed by atoms with Crippen molar-refractivity contribution in [2.45, 2.75) is 23.7 Å². The first-order valence-corrected chi connectivity index (χ1v) is 7.55. The zero-order valence-electron chi connectivity index (χ0n) is 11.9. The van der Waals surface area contributed by atoms with Crippen LogP contribution < -0.4 is 0 Å². The molecule has 25 heavy (non-hydrogen) atoms. The van der Waals surface area contributed by atoms with Gasteiger partial charge in [-0.3, -0.25) is 0 Å². The Hall–Kier alpha value is -1.64. The fourth-order valence-electron chi connectivity index (χ4n) is 2.63. The lowest BCUT2D eigenvalue weighted by atomic mass is 9.79. The molecule has 0 atom stereocenters. The molecule has 0 radical (unpaired) electrons. The second-order valence-corrected chi connectivity index (χ2v) is 6.48. The average Bonchev–Trinajstić information content (AvgIpc) is 2.53. The average molecular weight is 431 g/mol. The predicted molar refractivity (Wildman–Crippen MR) is 77.3 cm³/mol. The van der Waals surface area contributed by atoms with Crippen molar-refractivity contribution in [3.05, 3.63) is 58.1 Å². The van der Waals surface area contributed by atoms with Crippen molar-refractivity contribution in [3.8, 4) is 11.1 Å². The summed E-state index contributed by atoms with van der Waals surface area (Å²) in [5.74, 6) is -23.4. The van der Waals surface area contributed by atoms with E-state index in [1.54, 1.807) is 0 Å². The highest BCUT2D eigenvalue weighted by Crippen LogP contribution is 2.64. The lowest BCUT2D eigenvalue weighted by molar-refractivity contribution is -0.386. The lowest BCUT2D eigenvalue weighted by Gasteiger charge is -2.42. The molecule has 0 spiro atoms. The zero-order chi connectivity index (χ0) is 18.8. The van der Waals surface area contributed by atoms with Crippen molar-refractivity contribution in [1.82, 2.24) is 0 Å². The van der Waals surface area contributed by atoms with Crippen LogP contribution in [0.1, 0.15) is 11.1 Å². The van der Waals surface area contributed by atoms with Crippen LogP contribution in [-0.4, -0.2) is 11.8 Å². The molecule has 0 nitrogen and oxygen atoms in total. The molecule has 0 heterocycles. The van der Waals surface area contributed by atoms with Gasteiger partial charge in [0.15, 0.2) is 0 Å². The van der Waals surface area contributed by atoms with E-state index >= 15 is 0 Å². The summed E-state index contributed by atoms with van der Waals surface area (Å²) < 4.78 is 110. The van der Waals surface area contributed by atoms with Gasteiger partial charge in [-0.25, -0.2) is 0 Å². The van der Waals surface area contributed by atoms with Gasteiger partial charge < -0.3 is 0 Å². The van der Waals surface area contributed by atoms with Crippen molar-refractivity contribution in [2.75, 3.05) is 0 Å². The van der Waals surface area contributed by atoms with Crippen molar-refractivity contribution >= 4 is 15.9 Å². The Morgan fingerprint density at radius 1 is 0.560 bits per heavy atom. The minimum absolute atomic E-state index is 0.0808. The summed E-state index contributed by atoms with van der Waals surface area (Å²) in [6, 6.07) is 7.54. The van der Waals surface area contributed by atoms with E-state index in [0.717, 1.165) is 6.07 Å². The van der Waals surface area contributed by atoms with E-state index in [2.05, 4.69) is 15.9 Å². The van der Waals surface area contributed by atoms with Gasteiger partial charge in [0, 0.05) is 15.6 Å². The van der Waals surface area contributed by atoms with Crippen LogP contribution in [0.2, 0.25) is 0 Å². The molecule has 0 aromatic heterocycles. The maximum atomic E-state index is 14.0. The van der Waals surface area contributed by atoms with Gasteiger partial charge in [0.2, 0.25) is 0 Å². The highest BCUT2D eigenvalue weighted by molar-refractivity contribution is 9.10. The van der Waals surface area contributed by atoms with E-state index in [1.807, 2.05) is 0 Å². The van der Waals surface area contributed by atoms with Crippen molar-refractivity contribution in [3.63, 3.8) is 0 Å². The van der Waals surface area contributed by atoms with Crippen LogP contribution in [0.5, 0.6) is 0 Å². The number of rotatable bonds is 1. The van der Waals surface area contributed by atoms with Crippen molar-refractivity contribution < 1.29 is 35.1 Å². The second kappa shape index (κ2) is 5.18. The molecule has 0 unspecified atom stereocenters. The van der Waals surface area contributed by atoms with Gasteiger partial charge in [0.1, 0.15) is 0 Å². The maximum absolute atomic E-state index is 14.0. The van der Waals surface area contributed by atoms with Crippen LogP contribution in [0.25, 0.3) is 11.1 Å². The largest absolute Gasteiger partial charge is 0.382 e. The molecule has 0 bridgehead atoms. The maximum Gasteiger partial charge on any atom is 0.382 e. The van der Waals surface area contributed by atoms with Gasteiger partial charge in [-0.15, -0.1) is 0 Å². The third-order valence-corrected chi connectivity index (χ3v) is 4.59. The van der Waals surface area contributed by atoms with Gasteiger partial charge in [-0.1, -0.05) is 40.2 Å². The molecule has 3 rings (SSSR count). The van der Waals surface area contributed by atoms with Crippen LogP contribution in [0, 0.1) is 0 Å². The molecule has 9 heteroatoms. The Bertz CT molecular complexity index is 827. The smallest absolute Gasteiger partial charge is 0.194 e. The number of hydrogen-bond acceptors (Lipinski definition) is 0. The monoisotopic (exact) mass is 430 g/mol. The fraction of sp³-hybridized carbons (Fsp3) is 0.250. The summed E-state index contributed by atoms with van der Waals surface area (Å²) in [5.41, 5.74) is -3.43. The highest BCUT2D eigenvalue weighted by atomic mass is 79.9. The SMILES string of the molecule is FC1(F)c2ccc(-c3ccc(Br)cc3)cc2C(F)(F)C(F)(F)C1(F)F. The Kier molecular flexibility index (Phi) is 3.77. The Morgan fingerprint density at radius 2 is 1.00 bits per heavy atom. The molecule has 0 aliphatic heterocycles. The molecule has 2 aromatic carbocycles. The van der Waals surface area contributed by atoms with E-state index in [4.69, 9.17) is 0 Å². The van der Waals surface area contributed by atoms with E-state index in [1.165, 1.54) is 24.3 Å². The van der Waals surface area contributed by atoms with Gasteiger partial charge in [0.25, 0.3) is 0 Å². The van der Waals surface area contributed by atoms with Crippen LogP contribution in [-0.2, 0) is 11.8 Å². The summed E-state index contributed by atoms with van der Waals surface area (Å²) in [6.07, 6.45) is 0. The molecule has 0 amide bonds. The number of benzene rings is 2. The molecule has 2 aromatic rings.